The van der Waals surface area contributed by atoms with Gasteiger partial charge in [0.05, 0.1) is 6.20 Å². The zero-order chi connectivity index (χ0) is 37.3. The molecule has 4 aromatic rings. The van der Waals surface area contributed by atoms with Crippen LogP contribution >= 0.6 is 0 Å². The van der Waals surface area contributed by atoms with Gasteiger partial charge in [-0.1, -0.05) is 50.2 Å². The number of halogens is 3. The first-order chi connectivity index (χ1) is 24.1. The molecule has 11 nitrogen and oxygen atoms in total. The Morgan fingerprint density at radius 1 is 0.941 bits per heavy atom. The fourth-order valence-electron chi connectivity index (χ4n) is 5.79. The number of nitrogens with zero attached hydrogens (tertiary/aromatic N) is 3. The lowest BCUT2D eigenvalue weighted by Crippen LogP contribution is -2.34. The summed E-state index contributed by atoms with van der Waals surface area (Å²) in [7, 11) is 0. The summed E-state index contributed by atoms with van der Waals surface area (Å²) in [6.45, 7) is 10.3. The van der Waals surface area contributed by atoms with E-state index in [9.17, 15) is 22.8 Å². The first kappa shape index (κ1) is 38.7. The average Bonchev–Trinajstić information content (AvgIpc) is 3.73. The molecule has 2 heterocycles. The molecule has 274 valence electrons. The normalized spacial score (nSPS) is 15.9. The lowest BCUT2D eigenvalue weighted by Gasteiger charge is -2.19. The van der Waals surface area contributed by atoms with E-state index in [1.165, 1.54) is 0 Å². The Balaban J connectivity index is 0.000000755. The standard InChI is InChI=1S/C35H44N6O3.C2HF3O2/c1-6-24(7-2)30-21-32(41-31(40-30)18-19-37-41)38-28-16-17-29(20-28)39-33(42)27-14-12-26(13-15-27)25-10-8-23(9-11-25)22-36-34(43)44-35(3,4)5;3-2(4,5)1(6)7/h8-15,18-19,21,24,28-29,38H,6-7,16-17,20,22H2,1-5H3,(H,36,43)(H,39,42);(H,6,7)/t28-,29-;/m0./s1. The minimum absolute atomic E-state index is 0.0554. The number of aromatic nitrogens is 3. The maximum atomic E-state index is 13.1. The molecule has 0 aliphatic heterocycles. The van der Waals surface area contributed by atoms with E-state index in [1.807, 2.05) is 79.9 Å². The molecular weight excluding hydrogens is 665 g/mol. The SMILES string of the molecule is CCC(CC)c1cc(N[C@H]2CC[C@H](NC(=O)c3ccc(-c4ccc(CNC(=O)OC(C)(C)C)cc4)cc3)C2)n2nccc2n1.O=C(O)C(F)(F)F. The number of aliphatic carboxylic acids is 1. The van der Waals surface area contributed by atoms with Gasteiger partial charge in [-0.2, -0.15) is 22.8 Å². The van der Waals surface area contributed by atoms with E-state index < -0.39 is 23.8 Å². The zero-order valence-electron chi connectivity index (χ0n) is 29.4. The van der Waals surface area contributed by atoms with Crippen molar-refractivity contribution in [1.82, 2.24) is 25.2 Å². The summed E-state index contributed by atoms with van der Waals surface area (Å²) in [6.07, 6.45) is 1.11. The van der Waals surface area contributed by atoms with Crippen LogP contribution in [0.4, 0.5) is 23.8 Å². The van der Waals surface area contributed by atoms with E-state index in [-0.39, 0.29) is 18.0 Å². The van der Waals surface area contributed by atoms with E-state index in [0.29, 0.717) is 18.0 Å². The van der Waals surface area contributed by atoms with Gasteiger partial charge in [-0.25, -0.2) is 14.6 Å². The zero-order valence-corrected chi connectivity index (χ0v) is 29.4. The summed E-state index contributed by atoms with van der Waals surface area (Å²) >= 11 is 0. The molecule has 0 spiro atoms. The number of carboxylic acid groups (broad SMARTS) is 1. The molecule has 0 saturated heterocycles. The molecule has 5 rings (SSSR count). The fourth-order valence-corrected chi connectivity index (χ4v) is 5.79. The average molecular weight is 711 g/mol. The van der Waals surface area contributed by atoms with Crippen LogP contribution in [0.5, 0.6) is 0 Å². The van der Waals surface area contributed by atoms with Crippen molar-refractivity contribution >= 4 is 29.4 Å². The number of amides is 2. The fraction of sp³-hybridized carbons (Fsp3) is 0.432. The van der Waals surface area contributed by atoms with Crippen molar-refractivity contribution in [3.05, 3.63) is 83.7 Å². The highest BCUT2D eigenvalue weighted by Crippen LogP contribution is 2.28. The lowest BCUT2D eigenvalue weighted by molar-refractivity contribution is -0.192. The maximum absolute atomic E-state index is 13.1. The highest BCUT2D eigenvalue weighted by Gasteiger charge is 2.38. The van der Waals surface area contributed by atoms with Crippen LogP contribution < -0.4 is 16.0 Å². The molecule has 51 heavy (non-hydrogen) atoms. The van der Waals surface area contributed by atoms with E-state index in [1.54, 1.807) is 6.20 Å². The molecule has 1 aliphatic carbocycles. The third kappa shape index (κ3) is 11.2. The highest BCUT2D eigenvalue weighted by molar-refractivity contribution is 5.95. The number of hydrogen-bond acceptors (Lipinski definition) is 7. The van der Waals surface area contributed by atoms with Crippen LogP contribution in [0.15, 0.2) is 66.9 Å². The van der Waals surface area contributed by atoms with Gasteiger partial charge in [-0.15, -0.1) is 0 Å². The second-order valence-corrected chi connectivity index (χ2v) is 13.4. The Kier molecular flexibility index (Phi) is 12.7. The number of carbonyl (C=O) groups excluding carboxylic acids is 2. The number of hydrogen-bond donors (Lipinski definition) is 4. The molecule has 2 amide bonds. The van der Waals surface area contributed by atoms with Crippen LogP contribution in [0.2, 0.25) is 0 Å². The van der Waals surface area contributed by atoms with Gasteiger partial charge in [-0.3, -0.25) is 4.79 Å². The van der Waals surface area contributed by atoms with Gasteiger partial charge in [0.1, 0.15) is 11.4 Å². The van der Waals surface area contributed by atoms with E-state index in [0.717, 1.165) is 66.0 Å². The van der Waals surface area contributed by atoms with Gasteiger partial charge < -0.3 is 25.8 Å². The van der Waals surface area contributed by atoms with E-state index in [4.69, 9.17) is 19.6 Å². The third-order valence-electron chi connectivity index (χ3n) is 8.42. The van der Waals surface area contributed by atoms with Crippen molar-refractivity contribution in [2.24, 2.45) is 0 Å². The van der Waals surface area contributed by atoms with Gasteiger partial charge in [0.2, 0.25) is 0 Å². The number of carbonyl (C=O) groups is 3. The Morgan fingerprint density at radius 3 is 2.10 bits per heavy atom. The van der Waals surface area contributed by atoms with E-state index >= 15 is 0 Å². The summed E-state index contributed by atoms with van der Waals surface area (Å²) in [4.78, 5) is 38.7. The number of carboxylic acids is 1. The highest BCUT2D eigenvalue weighted by atomic mass is 19.4. The van der Waals surface area contributed by atoms with Crippen LogP contribution in [0, 0.1) is 0 Å². The Morgan fingerprint density at radius 2 is 1.53 bits per heavy atom. The van der Waals surface area contributed by atoms with Crippen LogP contribution in [0.3, 0.4) is 0 Å². The summed E-state index contributed by atoms with van der Waals surface area (Å²) in [5.41, 5.74) is 5.11. The van der Waals surface area contributed by atoms with Gasteiger partial charge in [0.15, 0.2) is 5.65 Å². The molecule has 0 unspecified atom stereocenters. The van der Waals surface area contributed by atoms with Gasteiger partial charge in [0.25, 0.3) is 5.91 Å². The number of anilines is 1. The smallest absolute Gasteiger partial charge is 0.475 e. The third-order valence-corrected chi connectivity index (χ3v) is 8.42. The summed E-state index contributed by atoms with van der Waals surface area (Å²) in [6, 6.07) is 20.1. The predicted molar refractivity (Wildman–Crippen MR) is 187 cm³/mol. The first-order valence-electron chi connectivity index (χ1n) is 16.9. The topological polar surface area (TPSA) is 147 Å². The number of rotatable bonds is 10. The molecule has 0 radical (unpaired) electrons. The monoisotopic (exact) mass is 710 g/mol. The van der Waals surface area contributed by atoms with Crippen molar-refractivity contribution in [2.45, 2.75) is 103 Å². The Hall–Kier alpha value is -5.14. The Bertz CT molecular complexity index is 1780. The quantitative estimate of drug-likeness (QED) is 0.131. The summed E-state index contributed by atoms with van der Waals surface area (Å²) < 4.78 is 38.9. The number of ether oxygens (including phenoxy) is 1. The molecule has 1 saturated carbocycles. The Labute approximate surface area is 295 Å². The molecule has 1 fully saturated rings. The van der Waals surface area contributed by atoms with Gasteiger partial charge >= 0.3 is 18.2 Å². The number of fused-ring (bicyclic) bond motifs is 1. The van der Waals surface area contributed by atoms with Crippen molar-refractivity contribution in [3.8, 4) is 11.1 Å². The molecule has 14 heteroatoms. The second-order valence-electron chi connectivity index (χ2n) is 13.4. The molecule has 2 atom stereocenters. The van der Waals surface area contributed by atoms with Crippen LogP contribution in [0.1, 0.15) is 94.3 Å². The van der Waals surface area contributed by atoms with Gasteiger partial charge in [-0.05, 0) is 81.7 Å². The lowest BCUT2D eigenvalue weighted by atomic mass is 9.99. The van der Waals surface area contributed by atoms with Crippen LogP contribution in [0.25, 0.3) is 16.8 Å². The van der Waals surface area contributed by atoms with Crippen molar-refractivity contribution in [2.75, 3.05) is 5.32 Å². The molecule has 2 aromatic carbocycles. The number of alkyl halides is 3. The molecular formula is C37H45F3N6O5. The molecule has 2 aromatic heterocycles. The second kappa shape index (κ2) is 16.7. The summed E-state index contributed by atoms with van der Waals surface area (Å²) in [5, 5.41) is 21.3. The van der Waals surface area contributed by atoms with Gasteiger partial charge in [0, 0.05) is 47.9 Å². The number of benzene rings is 2. The molecule has 1 aliphatic rings. The number of nitrogens with one attached hydrogen (secondary N) is 3. The van der Waals surface area contributed by atoms with Crippen LogP contribution in [-0.4, -0.2) is 61.5 Å². The predicted octanol–water partition coefficient (Wildman–Crippen LogP) is 7.72. The molecule has 0 bridgehead atoms. The number of alkyl carbamates (subject to hydrolysis) is 1. The molecule has 4 N–H and O–H groups in total. The minimum atomic E-state index is -5.08. The van der Waals surface area contributed by atoms with E-state index in [2.05, 4.69) is 41.0 Å². The first-order valence-corrected chi connectivity index (χ1v) is 16.9. The van der Waals surface area contributed by atoms with Crippen molar-refractivity contribution < 1.29 is 37.4 Å². The summed E-state index contributed by atoms with van der Waals surface area (Å²) in [5.74, 6) is -1.43. The van der Waals surface area contributed by atoms with Crippen LogP contribution in [-0.2, 0) is 16.1 Å². The largest absolute Gasteiger partial charge is 0.490 e. The van der Waals surface area contributed by atoms with Crippen molar-refractivity contribution in [3.63, 3.8) is 0 Å². The maximum Gasteiger partial charge on any atom is 0.490 e. The van der Waals surface area contributed by atoms with Crippen molar-refractivity contribution in [1.29, 1.82) is 0 Å². The minimum Gasteiger partial charge on any atom is -0.475 e.